The first kappa shape index (κ1) is 15.7. The van der Waals surface area contributed by atoms with E-state index < -0.39 is 0 Å². The van der Waals surface area contributed by atoms with Gasteiger partial charge in [0, 0.05) is 11.5 Å². The van der Waals surface area contributed by atoms with Crippen molar-refractivity contribution in [2.75, 3.05) is 0 Å². The molecule has 23 heavy (non-hydrogen) atoms. The molecular weight excluding hydrogens is 304 g/mol. The van der Waals surface area contributed by atoms with Crippen molar-refractivity contribution in [3.8, 4) is 17.3 Å². The number of benzene rings is 1. The summed E-state index contributed by atoms with van der Waals surface area (Å²) in [6.07, 6.45) is 3.12. The minimum Gasteiger partial charge on any atom is -0.216 e. The molecule has 2 heterocycles. The third-order valence-electron chi connectivity index (χ3n) is 4.30. The summed E-state index contributed by atoms with van der Waals surface area (Å²) in [5.41, 5.74) is 3.51. The highest BCUT2D eigenvalue weighted by molar-refractivity contribution is 7.16. The van der Waals surface area contributed by atoms with Gasteiger partial charge in [0.25, 0.3) is 0 Å². The van der Waals surface area contributed by atoms with Gasteiger partial charge in [-0.3, -0.25) is 0 Å². The predicted molar refractivity (Wildman–Crippen MR) is 93.7 cm³/mol. The molecule has 3 aromatic rings. The normalized spacial score (nSPS) is 11.3. The number of nitriles is 1. The Labute approximate surface area is 140 Å². The van der Waals surface area contributed by atoms with Gasteiger partial charge >= 0.3 is 0 Å². The molecule has 0 unspecified atom stereocenters. The van der Waals surface area contributed by atoms with E-state index in [-0.39, 0.29) is 0 Å². The SMILES string of the molecule is CCc1ccc(-c2nc3sc(C(CC)CC)nn3c2C#N)cc1. The molecule has 5 heteroatoms. The van der Waals surface area contributed by atoms with Gasteiger partial charge in [0.05, 0.1) is 0 Å². The zero-order chi connectivity index (χ0) is 16.4. The van der Waals surface area contributed by atoms with Crippen molar-refractivity contribution in [2.24, 2.45) is 0 Å². The van der Waals surface area contributed by atoms with Crippen LogP contribution in [0.4, 0.5) is 0 Å². The Balaban J connectivity index is 2.08. The van der Waals surface area contributed by atoms with Crippen LogP contribution in [0.15, 0.2) is 24.3 Å². The van der Waals surface area contributed by atoms with Gasteiger partial charge in [-0.25, -0.2) is 4.98 Å². The summed E-state index contributed by atoms with van der Waals surface area (Å²) in [5, 5.41) is 15.3. The third kappa shape index (κ3) is 2.75. The number of rotatable bonds is 5. The van der Waals surface area contributed by atoms with Crippen LogP contribution in [0.3, 0.4) is 0 Å². The molecule has 0 fully saturated rings. The van der Waals surface area contributed by atoms with E-state index in [9.17, 15) is 5.26 Å². The lowest BCUT2D eigenvalue weighted by molar-refractivity contribution is 0.625. The monoisotopic (exact) mass is 324 g/mol. The van der Waals surface area contributed by atoms with E-state index in [0.717, 1.165) is 40.5 Å². The number of nitrogens with zero attached hydrogens (tertiary/aromatic N) is 4. The summed E-state index contributed by atoms with van der Waals surface area (Å²) in [6, 6.07) is 10.5. The summed E-state index contributed by atoms with van der Waals surface area (Å²) >= 11 is 1.60. The lowest BCUT2D eigenvalue weighted by Crippen LogP contribution is -1.98. The summed E-state index contributed by atoms with van der Waals surface area (Å²) < 4.78 is 1.71. The van der Waals surface area contributed by atoms with E-state index in [2.05, 4.69) is 49.1 Å². The maximum atomic E-state index is 9.58. The van der Waals surface area contributed by atoms with Gasteiger partial charge < -0.3 is 0 Å². The topological polar surface area (TPSA) is 54.0 Å². The fourth-order valence-electron chi connectivity index (χ4n) is 2.77. The van der Waals surface area contributed by atoms with Gasteiger partial charge in [-0.2, -0.15) is 14.9 Å². The van der Waals surface area contributed by atoms with Crippen LogP contribution in [-0.4, -0.2) is 14.6 Å². The molecule has 0 aliphatic heterocycles. The molecule has 0 saturated heterocycles. The summed E-state index contributed by atoms with van der Waals surface area (Å²) in [5.74, 6) is 0.445. The number of fused-ring (bicyclic) bond motifs is 1. The molecule has 0 radical (unpaired) electrons. The van der Waals surface area contributed by atoms with Gasteiger partial charge in [-0.15, -0.1) is 0 Å². The Morgan fingerprint density at radius 1 is 1.17 bits per heavy atom. The first-order chi connectivity index (χ1) is 11.2. The first-order valence-electron chi connectivity index (χ1n) is 8.10. The highest BCUT2D eigenvalue weighted by Gasteiger charge is 2.20. The van der Waals surface area contributed by atoms with Crippen molar-refractivity contribution in [3.63, 3.8) is 0 Å². The molecule has 1 aromatic carbocycles. The smallest absolute Gasteiger partial charge is 0.214 e. The Bertz CT molecular complexity index is 848. The van der Waals surface area contributed by atoms with E-state index in [1.54, 1.807) is 15.9 Å². The zero-order valence-electron chi connectivity index (χ0n) is 13.7. The quantitative estimate of drug-likeness (QED) is 0.677. The van der Waals surface area contributed by atoms with E-state index >= 15 is 0 Å². The van der Waals surface area contributed by atoms with Crippen LogP contribution >= 0.6 is 11.3 Å². The Hall–Kier alpha value is -2.19. The number of aromatic nitrogens is 3. The molecule has 4 nitrogen and oxygen atoms in total. The fraction of sp³-hybridized carbons (Fsp3) is 0.389. The van der Waals surface area contributed by atoms with Crippen LogP contribution in [0.5, 0.6) is 0 Å². The van der Waals surface area contributed by atoms with Gasteiger partial charge in [0.15, 0.2) is 5.69 Å². The molecule has 118 valence electrons. The van der Waals surface area contributed by atoms with Crippen molar-refractivity contribution >= 4 is 16.3 Å². The lowest BCUT2D eigenvalue weighted by atomic mass is 10.1. The number of imidazole rings is 1. The number of hydrogen-bond donors (Lipinski definition) is 0. The van der Waals surface area contributed by atoms with E-state index in [1.165, 1.54) is 5.56 Å². The van der Waals surface area contributed by atoms with E-state index in [0.29, 0.717) is 11.6 Å². The van der Waals surface area contributed by atoms with Crippen LogP contribution < -0.4 is 0 Å². The maximum Gasteiger partial charge on any atom is 0.214 e. The lowest BCUT2D eigenvalue weighted by Gasteiger charge is -2.06. The average Bonchev–Trinajstić information content (AvgIpc) is 3.13. The average molecular weight is 324 g/mol. The number of hydrogen-bond acceptors (Lipinski definition) is 4. The van der Waals surface area contributed by atoms with Crippen LogP contribution in [0, 0.1) is 11.3 Å². The molecule has 3 rings (SSSR count). The molecule has 0 atom stereocenters. The number of aryl methyl sites for hydroxylation is 1. The largest absolute Gasteiger partial charge is 0.216 e. The van der Waals surface area contributed by atoms with Crippen LogP contribution in [0.1, 0.15) is 55.8 Å². The van der Waals surface area contributed by atoms with Gasteiger partial charge in [-0.05, 0) is 24.8 Å². The zero-order valence-corrected chi connectivity index (χ0v) is 14.5. The molecule has 0 amide bonds. The molecular formula is C18H20N4S. The maximum absolute atomic E-state index is 9.58. The standard InChI is InChI=1S/C18H20N4S/c1-4-12-7-9-14(10-8-12)16-15(11-19)22-18(20-16)23-17(21-22)13(5-2)6-3/h7-10,13H,4-6H2,1-3H3. The highest BCUT2D eigenvalue weighted by Crippen LogP contribution is 2.31. The van der Waals surface area contributed by atoms with Crippen molar-refractivity contribution in [1.29, 1.82) is 5.26 Å². The minimum atomic E-state index is 0.445. The molecule has 0 N–H and O–H groups in total. The Morgan fingerprint density at radius 3 is 2.43 bits per heavy atom. The van der Waals surface area contributed by atoms with E-state index in [4.69, 9.17) is 0 Å². The molecule has 2 aromatic heterocycles. The second-order valence-electron chi connectivity index (χ2n) is 5.62. The summed E-state index contributed by atoms with van der Waals surface area (Å²) in [7, 11) is 0. The highest BCUT2D eigenvalue weighted by atomic mass is 32.1. The fourth-order valence-corrected chi connectivity index (χ4v) is 3.93. The van der Waals surface area contributed by atoms with Crippen molar-refractivity contribution < 1.29 is 0 Å². The van der Waals surface area contributed by atoms with Gasteiger partial charge in [0.2, 0.25) is 4.96 Å². The van der Waals surface area contributed by atoms with Crippen LogP contribution in [0.25, 0.3) is 16.2 Å². The molecule has 0 bridgehead atoms. The van der Waals surface area contributed by atoms with Crippen molar-refractivity contribution in [1.82, 2.24) is 14.6 Å². The van der Waals surface area contributed by atoms with Crippen molar-refractivity contribution in [2.45, 2.75) is 46.0 Å². The van der Waals surface area contributed by atoms with E-state index in [1.807, 2.05) is 12.1 Å². The van der Waals surface area contributed by atoms with Crippen LogP contribution in [0.2, 0.25) is 0 Å². The van der Waals surface area contributed by atoms with Gasteiger partial charge in [-0.1, -0.05) is 56.4 Å². The van der Waals surface area contributed by atoms with Gasteiger partial charge in [0.1, 0.15) is 16.8 Å². The first-order valence-corrected chi connectivity index (χ1v) is 8.92. The molecule has 0 aliphatic rings. The predicted octanol–water partition coefficient (Wildman–Crippen LogP) is 4.80. The summed E-state index contributed by atoms with van der Waals surface area (Å²) in [4.78, 5) is 5.48. The second kappa shape index (κ2) is 6.51. The third-order valence-corrected chi connectivity index (χ3v) is 5.37. The Kier molecular flexibility index (Phi) is 4.44. The summed E-state index contributed by atoms with van der Waals surface area (Å²) in [6.45, 7) is 6.47. The van der Waals surface area contributed by atoms with Crippen molar-refractivity contribution in [3.05, 3.63) is 40.5 Å². The molecule has 0 spiro atoms. The molecule has 0 saturated carbocycles. The minimum absolute atomic E-state index is 0.445. The van der Waals surface area contributed by atoms with Crippen LogP contribution in [-0.2, 0) is 6.42 Å². The second-order valence-corrected chi connectivity index (χ2v) is 6.61. The Morgan fingerprint density at radius 2 is 1.87 bits per heavy atom. The molecule has 0 aliphatic carbocycles.